The van der Waals surface area contributed by atoms with Gasteiger partial charge in [0.25, 0.3) is 0 Å². The molecular formula is C40H36N2S2. The summed E-state index contributed by atoms with van der Waals surface area (Å²) in [6.45, 7) is 14.1. The maximum absolute atomic E-state index is 2.58. The third kappa shape index (κ3) is 3.31. The zero-order chi connectivity index (χ0) is 30.1. The molecule has 0 spiro atoms. The van der Waals surface area contributed by atoms with Crippen molar-refractivity contribution in [3.8, 4) is 0 Å². The van der Waals surface area contributed by atoms with E-state index in [1.807, 2.05) is 22.7 Å². The van der Waals surface area contributed by atoms with Gasteiger partial charge in [-0.15, -0.1) is 22.7 Å². The molecule has 0 atom stereocenters. The molecule has 9 aromatic rings. The van der Waals surface area contributed by atoms with E-state index in [1.165, 1.54) is 84.6 Å². The fourth-order valence-corrected chi connectivity index (χ4v) is 9.79. The summed E-state index contributed by atoms with van der Waals surface area (Å²) in [6, 6.07) is 32.5. The Hall–Kier alpha value is -3.86. The van der Waals surface area contributed by atoms with Crippen molar-refractivity contribution >= 4 is 96.1 Å². The molecule has 9 rings (SSSR count). The zero-order valence-electron chi connectivity index (χ0n) is 26.2. The Balaban J connectivity index is 1.64. The fraction of sp³-hybridized carbons (Fsp3) is 0.250. The van der Waals surface area contributed by atoms with Gasteiger partial charge in [-0.2, -0.15) is 0 Å². The molecule has 4 heterocycles. The minimum atomic E-state index is 0.108. The molecule has 0 saturated heterocycles. The summed E-state index contributed by atoms with van der Waals surface area (Å²) in [7, 11) is 0. The van der Waals surface area contributed by atoms with Crippen LogP contribution in [0.3, 0.4) is 0 Å². The van der Waals surface area contributed by atoms with Gasteiger partial charge in [0.05, 0.1) is 51.9 Å². The van der Waals surface area contributed by atoms with Crippen LogP contribution >= 0.6 is 22.7 Å². The van der Waals surface area contributed by atoms with E-state index in [0.29, 0.717) is 0 Å². The highest BCUT2D eigenvalue weighted by molar-refractivity contribution is 7.27. The van der Waals surface area contributed by atoms with Gasteiger partial charge < -0.3 is 8.80 Å². The van der Waals surface area contributed by atoms with Crippen LogP contribution in [0.25, 0.3) is 73.4 Å². The molecule has 0 bridgehead atoms. The Bertz CT molecular complexity index is 2450. The van der Waals surface area contributed by atoms with Gasteiger partial charge in [-0.25, -0.2) is 0 Å². The summed E-state index contributed by atoms with van der Waals surface area (Å²) < 4.78 is 10.6. The molecule has 218 valence electrons. The minimum Gasteiger partial charge on any atom is -0.306 e. The van der Waals surface area contributed by atoms with E-state index in [9.17, 15) is 0 Å². The second kappa shape index (κ2) is 8.87. The Morgan fingerprint density at radius 1 is 0.523 bits per heavy atom. The lowest BCUT2D eigenvalue weighted by Crippen LogP contribution is -2.15. The fourth-order valence-electron chi connectivity index (χ4n) is 7.33. The maximum atomic E-state index is 2.58. The minimum absolute atomic E-state index is 0.108. The summed E-state index contributed by atoms with van der Waals surface area (Å²) in [5, 5.41) is 5.53. The molecule has 44 heavy (non-hydrogen) atoms. The Morgan fingerprint density at radius 3 is 1.34 bits per heavy atom. The molecule has 5 aromatic carbocycles. The molecule has 0 aliphatic carbocycles. The average molecular weight is 609 g/mol. The number of fused-ring (bicyclic) bond motifs is 12. The molecule has 0 radical (unpaired) electrons. The lowest BCUT2D eigenvalue weighted by atomic mass is 9.81. The molecule has 0 unspecified atom stereocenters. The zero-order valence-corrected chi connectivity index (χ0v) is 27.8. The van der Waals surface area contributed by atoms with Gasteiger partial charge >= 0.3 is 0 Å². The smallest absolute Gasteiger partial charge is 0.0736 e. The van der Waals surface area contributed by atoms with Gasteiger partial charge in [-0.1, -0.05) is 77.9 Å². The monoisotopic (exact) mass is 608 g/mol. The van der Waals surface area contributed by atoms with Crippen LogP contribution in [0.4, 0.5) is 0 Å². The van der Waals surface area contributed by atoms with E-state index < -0.39 is 0 Å². The van der Waals surface area contributed by atoms with Crippen molar-refractivity contribution in [3.05, 3.63) is 96.1 Å². The predicted octanol–water partition coefficient (Wildman–Crippen LogP) is 12.6. The highest BCUT2D eigenvalue weighted by Crippen LogP contribution is 2.51. The van der Waals surface area contributed by atoms with E-state index in [4.69, 9.17) is 0 Å². The molecule has 0 fully saturated rings. The first-order valence-corrected chi connectivity index (χ1v) is 17.5. The van der Waals surface area contributed by atoms with Gasteiger partial charge in [0, 0.05) is 21.5 Å². The second-order valence-corrected chi connectivity index (χ2v) is 16.0. The summed E-state index contributed by atoms with van der Waals surface area (Å²) in [5.74, 6) is 0. The van der Waals surface area contributed by atoms with Gasteiger partial charge in [0.15, 0.2) is 0 Å². The number of benzene rings is 5. The largest absolute Gasteiger partial charge is 0.306 e. The second-order valence-electron chi connectivity index (χ2n) is 13.9. The van der Waals surface area contributed by atoms with Crippen molar-refractivity contribution in [1.82, 2.24) is 8.80 Å². The number of rotatable bonds is 4. The predicted molar refractivity (Wildman–Crippen MR) is 196 cm³/mol. The Labute approximate surface area is 265 Å². The third-order valence-electron chi connectivity index (χ3n) is 10.8. The van der Waals surface area contributed by atoms with E-state index in [-0.39, 0.29) is 10.8 Å². The number of nitrogens with zero attached hydrogens (tertiary/aromatic N) is 2. The summed E-state index contributed by atoms with van der Waals surface area (Å²) in [5.41, 5.74) is 10.9. The highest BCUT2D eigenvalue weighted by Gasteiger charge is 2.28. The molecular weight excluding hydrogens is 573 g/mol. The van der Waals surface area contributed by atoms with E-state index in [0.717, 1.165) is 12.8 Å². The normalized spacial score (nSPS) is 13.4. The van der Waals surface area contributed by atoms with Crippen molar-refractivity contribution in [2.24, 2.45) is 0 Å². The van der Waals surface area contributed by atoms with Crippen molar-refractivity contribution in [3.63, 3.8) is 0 Å². The molecule has 4 aromatic heterocycles. The number of hydrogen-bond donors (Lipinski definition) is 0. The SMILES string of the molecule is CCC(C)(C)c1ccc2c(c1)c1c3sc4ccccc4n4c5ccc(C(C)(C)CC)cc5c(c5sc6ccccc6n2c51)c34. The Kier molecular flexibility index (Phi) is 5.35. The molecule has 0 saturated carbocycles. The molecule has 0 amide bonds. The van der Waals surface area contributed by atoms with Crippen LogP contribution in [0, 0.1) is 0 Å². The van der Waals surface area contributed by atoms with Gasteiger partial charge in [-0.3, -0.25) is 0 Å². The average Bonchev–Trinajstić information content (AvgIpc) is 3.58. The van der Waals surface area contributed by atoms with Crippen LogP contribution in [0.5, 0.6) is 0 Å². The molecule has 4 heteroatoms. The van der Waals surface area contributed by atoms with Crippen LogP contribution in [-0.4, -0.2) is 8.80 Å². The first-order chi connectivity index (χ1) is 21.2. The van der Waals surface area contributed by atoms with Gasteiger partial charge in [0.2, 0.25) is 0 Å². The van der Waals surface area contributed by atoms with E-state index in [2.05, 4.69) is 135 Å². The number of hydrogen-bond acceptors (Lipinski definition) is 2. The lowest BCUT2D eigenvalue weighted by molar-refractivity contribution is 0.507. The van der Waals surface area contributed by atoms with Crippen LogP contribution < -0.4 is 0 Å². The van der Waals surface area contributed by atoms with Crippen molar-refractivity contribution < 1.29 is 0 Å². The van der Waals surface area contributed by atoms with Crippen molar-refractivity contribution in [2.75, 3.05) is 0 Å². The summed E-state index contributed by atoms with van der Waals surface area (Å²) in [4.78, 5) is 0. The van der Waals surface area contributed by atoms with Gasteiger partial charge in [0.1, 0.15) is 0 Å². The summed E-state index contributed by atoms with van der Waals surface area (Å²) >= 11 is 3.92. The molecule has 0 N–H and O–H groups in total. The van der Waals surface area contributed by atoms with Crippen LogP contribution in [0.1, 0.15) is 65.5 Å². The molecule has 0 aliphatic heterocycles. The maximum Gasteiger partial charge on any atom is 0.0736 e. The number of para-hydroxylation sites is 2. The van der Waals surface area contributed by atoms with Crippen LogP contribution in [-0.2, 0) is 10.8 Å². The highest BCUT2D eigenvalue weighted by atomic mass is 32.1. The number of aromatic nitrogens is 2. The van der Waals surface area contributed by atoms with E-state index in [1.54, 1.807) is 0 Å². The van der Waals surface area contributed by atoms with Crippen molar-refractivity contribution in [1.29, 1.82) is 0 Å². The van der Waals surface area contributed by atoms with Crippen LogP contribution in [0.2, 0.25) is 0 Å². The standard InChI is InChI=1S/C40H36N2S2/c1-7-39(3,4)23-17-19-27-25(21-23)33-35-38(44-31-15-11-9-13-29(31)41(27)35)34-26-22-24(40(5,6)8-2)18-20-28(26)42-30-14-10-12-16-32(30)43-37(33)36(34)42/h9-22H,7-8H2,1-6H3. The first-order valence-electron chi connectivity index (χ1n) is 15.9. The lowest BCUT2D eigenvalue weighted by Gasteiger charge is -2.23. The molecule has 0 aliphatic rings. The van der Waals surface area contributed by atoms with Gasteiger partial charge in [-0.05, 0) is 83.3 Å². The summed E-state index contributed by atoms with van der Waals surface area (Å²) in [6.07, 6.45) is 2.20. The van der Waals surface area contributed by atoms with Crippen LogP contribution in [0.15, 0.2) is 84.9 Å². The third-order valence-corrected chi connectivity index (χ3v) is 13.1. The molecule has 2 nitrogen and oxygen atoms in total. The van der Waals surface area contributed by atoms with E-state index >= 15 is 0 Å². The first kappa shape index (κ1) is 26.5. The Morgan fingerprint density at radius 2 is 0.932 bits per heavy atom. The quantitative estimate of drug-likeness (QED) is 0.176. The topological polar surface area (TPSA) is 8.82 Å². The van der Waals surface area contributed by atoms with Crippen molar-refractivity contribution in [2.45, 2.75) is 65.2 Å².